The van der Waals surface area contributed by atoms with Gasteiger partial charge < -0.3 is 9.30 Å². The molecule has 0 spiro atoms. The molecule has 1 aliphatic rings. The van der Waals surface area contributed by atoms with Crippen LogP contribution in [-0.2, 0) is 0 Å². The summed E-state index contributed by atoms with van der Waals surface area (Å²) in [5.41, 5.74) is 2.98. The molecule has 0 N–H and O–H groups in total. The summed E-state index contributed by atoms with van der Waals surface area (Å²) in [6, 6.07) is 8.01. The lowest BCUT2D eigenvalue weighted by Gasteiger charge is -2.26. The summed E-state index contributed by atoms with van der Waals surface area (Å²) in [5, 5.41) is 0. The zero-order valence-electron chi connectivity index (χ0n) is 10.7. The summed E-state index contributed by atoms with van der Waals surface area (Å²) in [7, 11) is 0. The average Bonchev–Trinajstić information content (AvgIpc) is 2.77. The lowest BCUT2D eigenvalue weighted by atomic mass is 10.1. The summed E-state index contributed by atoms with van der Waals surface area (Å²) in [6.07, 6.45) is 5.53. The summed E-state index contributed by atoms with van der Waals surface area (Å²) in [4.78, 5) is 14.5. The maximum atomic E-state index is 12.5. The highest BCUT2D eigenvalue weighted by Crippen LogP contribution is 2.20. The van der Waals surface area contributed by atoms with Crippen LogP contribution in [0.5, 0.6) is 0 Å². The van der Waals surface area contributed by atoms with E-state index in [-0.39, 0.29) is 5.91 Å². The zero-order chi connectivity index (χ0) is 12.5. The molecule has 0 aliphatic carbocycles. The molecule has 1 saturated heterocycles. The largest absolute Gasteiger partial charge is 0.339 e. The fraction of sp³-hybridized carbons (Fsp3) is 0.400. The number of aromatic nitrogens is 1. The molecule has 0 atom stereocenters. The van der Waals surface area contributed by atoms with Gasteiger partial charge in [-0.25, -0.2) is 0 Å². The number of rotatable bonds is 1. The number of hydrogen-bond acceptors (Lipinski definition) is 1. The van der Waals surface area contributed by atoms with Crippen molar-refractivity contribution in [3.8, 4) is 0 Å². The minimum Gasteiger partial charge on any atom is -0.339 e. The Morgan fingerprint density at radius 2 is 1.94 bits per heavy atom. The van der Waals surface area contributed by atoms with Crippen LogP contribution in [0.3, 0.4) is 0 Å². The number of aryl methyl sites for hydroxylation is 1. The van der Waals surface area contributed by atoms with Gasteiger partial charge in [-0.15, -0.1) is 0 Å². The summed E-state index contributed by atoms with van der Waals surface area (Å²) < 4.78 is 2.08. The molecule has 1 fully saturated rings. The molecule has 1 amide bonds. The Balaban J connectivity index is 2.00. The highest BCUT2D eigenvalue weighted by atomic mass is 16.2. The molecule has 2 aromatic rings. The molecule has 3 nitrogen and oxygen atoms in total. The Bertz CT molecular complexity index is 579. The second kappa shape index (κ2) is 4.48. The van der Waals surface area contributed by atoms with Crippen LogP contribution in [0.15, 0.2) is 30.5 Å². The van der Waals surface area contributed by atoms with E-state index in [4.69, 9.17) is 0 Å². The lowest BCUT2D eigenvalue weighted by Crippen LogP contribution is -2.35. The van der Waals surface area contributed by atoms with Gasteiger partial charge in [-0.1, -0.05) is 6.07 Å². The van der Waals surface area contributed by atoms with E-state index in [1.807, 2.05) is 42.3 Å². The number of likely N-dealkylation sites (tertiary alicyclic amines) is 1. The zero-order valence-corrected chi connectivity index (χ0v) is 10.7. The molecule has 3 heterocycles. The van der Waals surface area contributed by atoms with Crippen LogP contribution < -0.4 is 0 Å². The molecule has 0 radical (unpaired) electrons. The molecule has 0 aromatic carbocycles. The lowest BCUT2D eigenvalue weighted by molar-refractivity contribution is 0.0726. The van der Waals surface area contributed by atoms with Crippen LogP contribution in [0.4, 0.5) is 0 Å². The normalized spacial score (nSPS) is 16.2. The molecule has 1 aliphatic heterocycles. The van der Waals surface area contributed by atoms with E-state index in [2.05, 4.69) is 4.40 Å². The van der Waals surface area contributed by atoms with Crippen molar-refractivity contribution in [2.75, 3.05) is 13.1 Å². The SMILES string of the molecule is Cc1cc(C(=O)N2CCCCC2)c2ccccn12. The van der Waals surface area contributed by atoms with Crippen molar-refractivity contribution >= 4 is 11.4 Å². The first-order chi connectivity index (χ1) is 8.77. The van der Waals surface area contributed by atoms with Crippen molar-refractivity contribution in [1.29, 1.82) is 0 Å². The summed E-state index contributed by atoms with van der Waals surface area (Å²) >= 11 is 0. The number of nitrogens with zero attached hydrogens (tertiary/aromatic N) is 2. The number of carbonyl (C=O) groups excluding carboxylic acids is 1. The van der Waals surface area contributed by atoms with Crippen molar-refractivity contribution < 1.29 is 4.79 Å². The van der Waals surface area contributed by atoms with Crippen LogP contribution >= 0.6 is 0 Å². The highest BCUT2D eigenvalue weighted by Gasteiger charge is 2.21. The molecule has 0 bridgehead atoms. The van der Waals surface area contributed by atoms with E-state index in [1.54, 1.807) is 0 Å². The number of hydrogen-bond donors (Lipinski definition) is 0. The minimum atomic E-state index is 0.187. The quantitative estimate of drug-likeness (QED) is 0.754. The first-order valence-electron chi connectivity index (χ1n) is 6.63. The fourth-order valence-corrected chi connectivity index (χ4v) is 2.76. The maximum absolute atomic E-state index is 12.5. The van der Waals surface area contributed by atoms with Gasteiger partial charge in [-0.05, 0) is 44.4 Å². The van der Waals surface area contributed by atoms with Gasteiger partial charge in [0.15, 0.2) is 0 Å². The average molecular weight is 242 g/mol. The summed E-state index contributed by atoms with van der Waals surface area (Å²) in [6.45, 7) is 3.85. The van der Waals surface area contributed by atoms with Crippen molar-refractivity contribution in [1.82, 2.24) is 9.30 Å². The maximum Gasteiger partial charge on any atom is 0.256 e. The second-order valence-corrected chi connectivity index (χ2v) is 5.01. The number of carbonyl (C=O) groups is 1. The smallest absolute Gasteiger partial charge is 0.256 e. The van der Waals surface area contributed by atoms with E-state index >= 15 is 0 Å². The Morgan fingerprint density at radius 1 is 1.17 bits per heavy atom. The van der Waals surface area contributed by atoms with Gasteiger partial charge in [0.05, 0.1) is 11.1 Å². The third-order valence-electron chi connectivity index (χ3n) is 3.74. The third kappa shape index (κ3) is 1.80. The molecule has 0 saturated carbocycles. The van der Waals surface area contributed by atoms with E-state index in [1.165, 1.54) is 6.42 Å². The van der Waals surface area contributed by atoms with Gasteiger partial charge in [0.2, 0.25) is 0 Å². The molecule has 94 valence electrons. The first kappa shape index (κ1) is 11.3. The van der Waals surface area contributed by atoms with Crippen molar-refractivity contribution in [3.05, 3.63) is 41.7 Å². The molecule has 0 unspecified atom stereocenters. The van der Waals surface area contributed by atoms with E-state index in [0.29, 0.717) is 0 Å². The van der Waals surface area contributed by atoms with Crippen LogP contribution in [-0.4, -0.2) is 28.3 Å². The third-order valence-corrected chi connectivity index (χ3v) is 3.74. The Hall–Kier alpha value is -1.77. The predicted molar refractivity (Wildman–Crippen MR) is 71.9 cm³/mol. The summed E-state index contributed by atoms with van der Waals surface area (Å²) in [5.74, 6) is 0.187. The number of fused-ring (bicyclic) bond motifs is 1. The van der Waals surface area contributed by atoms with Crippen LogP contribution in [0, 0.1) is 6.92 Å². The van der Waals surface area contributed by atoms with E-state index < -0.39 is 0 Å². The number of pyridine rings is 1. The highest BCUT2D eigenvalue weighted by molar-refractivity contribution is 6.01. The van der Waals surface area contributed by atoms with Crippen LogP contribution in [0.2, 0.25) is 0 Å². The van der Waals surface area contributed by atoms with Gasteiger partial charge in [-0.2, -0.15) is 0 Å². The Kier molecular flexibility index (Phi) is 2.82. The molecule has 2 aromatic heterocycles. The molecular formula is C15H18N2O. The topological polar surface area (TPSA) is 24.7 Å². The van der Waals surface area contributed by atoms with Crippen molar-refractivity contribution in [3.63, 3.8) is 0 Å². The predicted octanol–water partition coefficient (Wildman–Crippen LogP) is 2.87. The second-order valence-electron chi connectivity index (χ2n) is 5.01. The van der Waals surface area contributed by atoms with Gasteiger partial charge in [0, 0.05) is 25.0 Å². The number of amides is 1. The molecular weight excluding hydrogens is 224 g/mol. The van der Waals surface area contributed by atoms with Gasteiger partial charge in [0.1, 0.15) is 0 Å². The Morgan fingerprint density at radius 3 is 2.72 bits per heavy atom. The monoisotopic (exact) mass is 242 g/mol. The Labute approximate surface area is 107 Å². The fourth-order valence-electron chi connectivity index (χ4n) is 2.76. The molecule has 18 heavy (non-hydrogen) atoms. The van der Waals surface area contributed by atoms with Gasteiger partial charge >= 0.3 is 0 Å². The van der Waals surface area contributed by atoms with Gasteiger partial charge in [0.25, 0.3) is 5.91 Å². The van der Waals surface area contributed by atoms with Crippen molar-refractivity contribution in [2.45, 2.75) is 26.2 Å². The van der Waals surface area contributed by atoms with Gasteiger partial charge in [-0.3, -0.25) is 4.79 Å². The van der Waals surface area contributed by atoms with Crippen LogP contribution in [0.25, 0.3) is 5.52 Å². The molecule has 3 heteroatoms. The van der Waals surface area contributed by atoms with Crippen LogP contribution in [0.1, 0.15) is 35.3 Å². The van der Waals surface area contributed by atoms with E-state index in [9.17, 15) is 4.79 Å². The minimum absolute atomic E-state index is 0.187. The molecule has 3 rings (SSSR count). The van der Waals surface area contributed by atoms with E-state index in [0.717, 1.165) is 42.7 Å². The first-order valence-corrected chi connectivity index (χ1v) is 6.63. The van der Waals surface area contributed by atoms with Crippen molar-refractivity contribution in [2.24, 2.45) is 0 Å². The number of piperidine rings is 1. The standard InChI is InChI=1S/C15H18N2O/c1-12-11-13(14-7-3-6-10-17(12)14)15(18)16-8-4-2-5-9-16/h3,6-7,10-11H,2,4-5,8-9H2,1H3.